The van der Waals surface area contributed by atoms with Crippen molar-refractivity contribution in [2.24, 2.45) is 0 Å². The Kier molecular flexibility index (Phi) is 12.2. The molecule has 0 radical (unpaired) electrons. The minimum Gasteiger partial charge on any atom is -0.872 e. The Morgan fingerprint density at radius 1 is 0.490 bits per heavy atom. The van der Waals surface area contributed by atoms with Gasteiger partial charge in [0.1, 0.15) is 0 Å². The predicted octanol–water partition coefficient (Wildman–Crippen LogP) is 3.32. The third-order valence-electron chi connectivity index (χ3n) is 8.58. The summed E-state index contributed by atoms with van der Waals surface area (Å²) in [6.07, 6.45) is 5.25. The first-order valence-corrected chi connectivity index (χ1v) is 16.5. The van der Waals surface area contributed by atoms with Crippen LogP contribution in [0.5, 0.6) is 11.5 Å². The Labute approximate surface area is 324 Å². The predicted molar refractivity (Wildman–Crippen MR) is 196 cm³/mol. The van der Waals surface area contributed by atoms with Gasteiger partial charge in [-0.2, -0.15) is 0 Å². The van der Waals surface area contributed by atoms with Crippen LogP contribution < -0.4 is 47.9 Å². The first-order valence-electron chi connectivity index (χ1n) is 16.5. The van der Waals surface area contributed by atoms with Gasteiger partial charge in [0, 0.05) is 29.4 Å². The van der Waals surface area contributed by atoms with Crippen molar-refractivity contribution in [3.8, 4) is 45.3 Å². The zero-order valence-electron chi connectivity index (χ0n) is 31.1. The van der Waals surface area contributed by atoms with Crippen LogP contribution in [-0.4, -0.2) is 19.9 Å². The number of pyridine rings is 4. The van der Waals surface area contributed by atoms with Gasteiger partial charge in [-0.25, -0.2) is 4.98 Å². The van der Waals surface area contributed by atoms with E-state index in [1.165, 1.54) is 11.1 Å². The molecule has 0 N–H and O–H groups in total. The number of nitrogens with zero attached hydrogens (tertiary/aromatic N) is 4. The Bertz CT molecular complexity index is 2220. The molecule has 0 saturated carbocycles. The van der Waals surface area contributed by atoms with E-state index >= 15 is 0 Å². The Balaban J connectivity index is 0.000000234. The number of hydrogen-bond donors (Lipinski definition) is 0. The van der Waals surface area contributed by atoms with Gasteiger partial charge < -0.3 is 10.2 Å². The van der Waals surface area contributed by atoms with Gasteiger partial charge in [-0.3, -0.25) is 15.0 Å². The second-order valence-electron chi connectivity index (χ2n) is 14.4. The van der Waals surface area contributed by atoms with Gasteiger partial charge >= 0.3 is 37.7 Å². The minimum atomic E-state index is -0.0942. The molecule has 7 aromatic rings. The molecule has 246 valence electrons. The number of para-hydroxylation sites is 1. The van der Waals surface area contributed by atoms with Crippen molar-refractivity contribution in [1.82, 2.24) is 19.9 Å². The molecule has 0 unspecified atom stereocenters. The molecule has 8 heteroatoms. The molecular weight excluding hydrogens is 618 g/mol. The second kappa shape index (κ2) is 15.9. The molecule has 0 atom stereocenters. The molecule has 0 aliphatic carbocycles. The monoisotopic (exact) mass is 658 g/mol. The third kappa shape index (κ3) is 8.39. The van der Waals surface area contributed by atoms with Gasteiger partial charge in [0.25, 0.3) is 0 Å². The fourth-order valence-corrected chi connectivity index (χ4v) is 6.19. The van der Waals surface area contributed by atoms with Crippen LogP contribution in [0.1, 0.15) is 58.2 Å². The van der Waals surface area contributed by atoms with Crippen LogP contribution in [0, 0.1) is 6.92 Å². The fourth-order valence-electron chi connectivity index (χ4n) is 6.19. The summed E-state index contributed by atoms with van der Waals surface area (Å²) in [5, 5.41) is 27.4. The average Bonchev–Trinajstić information content (AvgIpc) is 3.08. The van der Waals surface area contributed by atoms with Crippen molar-refractivity contribution >= 4 is 21.8 Å². The molecule has 0 fully saturated rings. The summed E-state index contributed by atoms with van der Waals surface area (Å²) in [4.78, 5) is 18.2. The summed E-state index contributed by atoms with van der Waals surface area (Å²) >= 11 is 0. The fraction of sp³-hybridized carbons (Fsp3) is 0.209. The smallest absolute Gasteiger partial charge is 0.872 e. The maximum Gasteiger partial charge on any atom is 1.00 e. The van der Waals surface area contributed by atoms with Crippen LogP contribution in [0.15, 0.2) is 116 Å². The number of aromatic nitrogens is 4. The molecule has 7 rings (SSSR count). The largest absolute Gasteiger partial charge is 1.00 e. The number of hydrogen-bond acceptors (Lipinski definition) is 6. The standard InChI is InChI=1S/C26H28N2O.C17H14N2O.2Li/c1-25(2,3)19-13-14-27-23-16(19)11-12-17-20(26(4,5)6)15-21(28-24(17)23)18-9-7-8-10-22(18)29;1-12-10-13(15-6-2-4-8-18-15)17(20)14(11-12)16-7-3-5-9-19-16;;/h7-15,29H,1-6H3;2-11,20H,1H3;;/q;;2*+1/p-2. The van der Waals surface area contributed by atoms with Crippen molar-refractivity contribution < 1.29 is 47.9 Å². The van der Waals surface area contributed by atoms with E-state index in [9.17, 15) is 10.2 Å². The van der Waals surface area contributed by atoms with E-state index < -0.39 is 0 Å². The Morgan fingerprint density at radius 2 is 1.02 bits per heavy atom. The Hall–Kier alpha value is -4.43. The summed E-state index contributed by atoms with van der Waals surface area (Å²) in [6, 6.07) is 30.5. The zero-order chi connectivity index (χ0) is 34.9. The maximum atomic E-state index is 12.6. The van der Waals surface area contributed by atoms with Gasteiger partial charge in [0.05, 0.1) is 28.1 Å². The van der Waals surface area contributed by atoms with Crippen LogP contribution in [0.4, 0.5) is 0 Å². The van der Waals surface area contributed by atoms with Crippen molar-refractivity contribution in [3.05, 3.63) is 132 Å². The summed E-state index contributed by atoms with van der Waals surface area (Å²) in [7, 11) is 0. The molecule has 51 heavy (non-hydrogen) atoms. The van der Waals surface area contributed by atoms with Crippen molar-refractivity contribution in [2.45, 2.75) is 59.3 Å². The third-order valence-corrected chi connectivity index (χ3v) is 8.58. The second-order valence-corrected chi connectivity index (χ2v) is 14.4. The maximum absolute atomic E-state index is 12.6. The average molecular weight is 659 g/mol. The summed E-state index contributed by atoms with van der Waals surface area (Å²) in [6.45, 7) is 15.2. The van der Waals surface area contributed by atoms with E-state index in [0.29, 0.717) is 33.8 Å². The van der Waals surface area contributed by atoms with E-state index in [2.05, 4.69) is 75.8 Å². The normalized spacial score (nSPS) is 11.3. The first kappa shape index (κ1) is 39.4. The van der Waals surface area contributed by atoms with Gasteiger partial charge in [-0.1, -0.05) is 114 Å². The van der Waals surface area contributed by atoms with E-state index in [-0.39, 0.29) is 60.1 Å². The number of fused-ring (bicyclic) bond motifs is 3. The van der Waals surface area contributed by atoms with Crippen molar-refractivity contribution in [1.29, 1.82) is 0 Å². The van der Waals surface area contributed by atoms with Crippen LogP contribution in [0.3, 0.4) is 0 Å². The minimum absolute atomic E-state index is 0. The van der Waals surface area contributed by atoms with Crippen LogP contribution >= 0.6 is 0 Å². The number of benzene rings is 3. The van der Waals surface area contributed by atoms with E-state index in [0.717, 1.165) is 27.4 Å². The molecule has 4 heterocycles. The number of aryl methyl sites for hydroxylation is 1. The Morgan fingerprint density at radius 3 is 1.53 bits per heavy atom. The molecular formula is C43H40Li2N4O2. The molecule has 0 amide bonds. The number of rotatable bonds is 3. The molecule has 6 nitrogen and oxygen atoms in total. The quantitative estimate of drug-likeness (QED) is 0.214. The molecule has 0 spiro atoms. The zero-order valence-corrected chi connectivity index (χ0v) is 31.1. The molecule has 0 saturated heterocycles. The van der Waals surface area contributed by atoms with Gasteiger partial charge in [0.2, 0.25) is 0 Å². The van der Waals surface area contributed by atoms with Crippen molar-refractivity contribution in [3.63, 3.8) is 0 Å². The van der Waals surface area contributed by atoms with Crippen LogP contribution in [-0.2, 0) is 10.8 Å². The van der Waals surface area contributed by atoms with Gasteiger partial charge in [0.15, 0.2) is 0 Å². The van der Waals surface area contributed by atoms with E-state index in [1.807, 2.05) is 73.8 Å². The topological polar surface area (TPSA) is 97.7 Å². The summed E-state index contributed by atoms with van der Waals surface area (Å²) < 4.78 is 0. The van der Waals surface area contributed by atoms with Crippen LogP contribution in [0.2, 0.25) is 0 Å². The van der Waals surface area contributed by atoms with Gasteiger partial charge in [-0.15, -0.1) is 0 Å². The molecule has 0 aliphatic heterocycles. The van der Waals surface area contributed by atoms with Crippen molar-refractivity contribution in [2.75, 3.05) is 0 Å². The molecule has 4 aromatic heterocycles. The van der Waals surface area contributed by atoms with E-state index in [1.54, 1.807) is 24.5 Å². The molecule has 3 aromatic carbocycles. The summed E-state index contributed by atoms with van der Waals surface area (Å²) in [5.74, 6) is -0.0456. The SMILES string of the molecule is CC(C)(C)c1ccnc2c1ccc1c(C(C)(C)C)cc(-c3ccccc3[O-])nc12.Cc1cc(-c2ccccn2)c([O-])c(-c2ccccn2)c1.[Li+].[Li+]. The van der Waals surface area contributed by atoms with Gasteiger partial charge in [-0.05, 0) is 87.5 Å². The van der Waals surface area contributed by atoms with E-state index in [4.69, 9.17) is 9.97 Å². The van der Waals surface area contributed by atoms with Crippen LogP contribution in [0.25, 0.3) is 55.6 Å². The molecule has 0 aliphatic rings. The first-order chi connectivity index (χ1) is 23.3. The molecule has 0 bridgehead atoms. The summed E-state index contributed by atoms with van der Waals surface area (Å²) in [5.41, 5.74) is 9.06.